The summed E-state index contributed by atoms with van der Waals surface area (Å²) in [6, 6.07) is 9.22. The van der Waals surface area contributed by atoms with Gasteiger partial charge in [0.2, 0.25) is 0 Å². The molecule has 100 valence electrons. The van der Waals surface area contributed by atoms with Crippen molar-refractivity contribution in [1.82, 2.24) is 9.55 Å². The Bertz CT molecular complexity index is 563. The van der Waals surface area contributed by atoms with Crippen LogP contribution in [-0.2, 0) is 0 Å². The fourth-order valence-corrected chi connectivity index (χ4v) is 2.90. The molecule has 0 amide bonds. The minimum Gasteiger partial charge on any atom is -0.367 e. The number of nitrogens with zero attached hydrogens (tertiary/aromatic N) is 3. The molecular weight excluding hydrogens is 304 g/mol. The minimum absolute atomic E-state index is 0.282. The molecule has 0 unspecified atom stereocenters. The molecule has 0 radical (unpaired) electrons. The Labute approximate surface area is 121 Å². The Morgan fingerprint density at radius 1 is 1.26 bits per heavy atom. The lowest BCUT2D eigenvalue weighted by molar-refractivity contribution is 0.624. The summed E-state index contributed by atoms with van der Waals surface area (Å²) in [7, 11) is 0. The van der Waals surface area contributed by atoms with Crippen LogP contribution in [0.5, 0.6) is 0 Å². The average molecular weight is 321 g/mol. The van der Waals surface area contributed by atoms with Crippen molar-refractivity contribution in [3.05, 3.63) is 41.4 Å². The van der Waals surface area contributed by atoms with Crippen LogP contribution in [0.1, 0.15) is 13.3 Å². The van der Waals surface area contributed by atoms with Crippen molar-refractivity contribution in [2.75, 3.05) is 11.4 Å². The number of hydrogen-bond donors (Lipinski definition) is 1. The fourth-order valence-electron chi connectivity index (χ4n) is 2.58. The lowest BCUT2D eigenvalue weighted by Gasteiger charge is -2.25. The molecule has 19 heavy (non-hydrogen) atoms. The molecule has 2 aromatic rings. The molecule has 4 nitrogen and oxygen atoms in total. The topological polar surface area (TPSA) is 47.1 Å². The summed E-state index contributed by atoms with van der Waals surface area (Å²) in [5.74, 6) is 0. The second-order valence-electron chi connectivity index (χ2n) is 5.01. The van der Waals surface area contributed by atoms with E-state index in [0.717, 1.165) is 23.3 Å². The van der Waals surface area contributed by atoms with E-state index in [1.165, 1.54) is 5.69 Å². The van der Waals surface area contributed by atoms with Gasteiger partial charge in [0.15, 0.2) is 0 Å². The van der Waals surface area contributed by atoms with E-state index in [0.29, 0.717) is 6.04 Å². The molecule has 0 saturated carbocycles. The Kier molecular flexibility index (Phi) is 3.33. The molecule has 2 N–H and O–H groups in total. The van der Waals surface area contributed by atoms with Gasteiger partial charge in [-0.15, -0.1) is 0 Å². The number of nitrogens with two attached hydrogens (primary N) is 1. The maximum atomic E-state index is 6.07. The van der Waals surface area contributed by atoms with Crippen LogP contribution in [0, 0.1) is 0 Å². The third-order valence-electron chi connectivity index (χ3n) is 3.85. The zero-order chi connectivity index (χ0) is 13.4. The minimum atomic E-state index is 0.282. The number of benzene rings is 1. The number of rotatable bonds is 2. The third-order valence-corrected chi connectivity index (χ3v) is 4.25. The van der Waals surface area contributed by atoms with E-state index in [4.69, 9.17) is 5.73 Å². The summed E-state index contributed by atoms with van der Waals surface area (Å²) in [5.41, 5.74) is 8.42. The second-order valence-corrected chi connectivity index (χ2v) is 5.82. The van der Waals surface area contributed by atoms with Crippen molar-refractivity contribution in [3.63, 3.8) is 0 Å². The van der Waals surface area contributed by atoms with Gasteiger partial charge in [0, 0.05) is 36.2 Å². The monoisotopic (exact) mass is 320 g/mol. The molecule has 5 heteroatoms. The first-order chi connectivity index (χ1) is 9.15. The molecule has 2 heterocycles. The number of hydrogen-bond acceptors (Lipinski definition) is 3. The van der Waals surface area contributed by atoms with Crippen molar-refractivity contribution < 1.29 is 0 Å². The SMILES string of the molecule is C[C@@H]1[C@H](N)CCN1c1ccc(-n2cnc(Br)c2)cc1. The Balaban J connectivity index is 1.83. The van der Waals surface area contributed by atoms with Crippen LogP contribution < -0.4 is 10.6 Å². The lowest BCUT2D eigenvalue weighted by Crippen LogP contribution is -2.36. The quantitative estimate of drug-likeness (QED) is 0.925. The molecule has 1 fully saturated rings. The third kappa shape index (κ3) is 2.40. The van der Waals surface area contributed by atoms with E-state index in [9.17, 15) is 0 Å². The Morgan fingerprint density at radius 2 is 1.95 bits per heavy atom. The van der Waals surface area contributed by atoms with Gasteiger partial charge in [-0.05, 0) is 53.5 Å². The van der Waals surface area contributed by atoms with Gasteiger partial charge < -0.3 is 15.2 Å². The molecule has 0 spiro atoms. The molecule has 1 saturated heterocycles. The number of halogens is 1. The summed E-state index contributed by atoms with van der Waals surface area (Å²) in [4.78, 5) is 6.54. The average Bonchev–Trinajstić information content (AvgIpc) is 2.98. The lowest BCUT2D eigenvalue weighted by atomic mass is 10.1. The van der Waals surface area contributed by atoms with Gasteiger partial charge in [-0.25, -0.2) is 4.98 Å². The molecule has 1 aliphatic heterocycles. The van der Waals surface area contributed by atoms with E-state index >= 15 is 0 Å². The van der Waals surface area contributed by atoms with Crippen LogP contribution in [0.2, 0.25) is 0 Å². The van der Waals surface area contributed by atoms with E-state index in [-0.39, 0.29) is 6.04 Å². The van der Waals surface area contributed by atoms with E-state index in [1.54, 1.807) is 6.33 Å². The molecule has 1 aromatic heterocycles. The largest absolute Gasteiger partial charge is 0.367 e. The van der Waals surface area contributed by atoms with E-state index in [2.05, 4.69) is 57.0 Å². The molecular formula is C14H17BrN4. The summed E-state index contributed by atoms with van der Waals surface area (Å²) in [5, 5.41) is 0. The molecule has 2 atom stereocenters. The van der Waals surface area contributed by atoms with Crippen LogP contribution in [0.15, 0.2) is 41.4 Å². The smallest absolute Gasteiger partial charge is 0.124 e. The summed E-state index contributed by atoms with van der Waals surface area (Å²) < 4.78 is 2.84. The highest BCUT2D eigenvalue weighted by atomic mass is 79.9. The van der Waals surface area contributed by atoms with Gasteiger partial charge in [-0.3, -0.25) is 0 Å². The Morgan fingerprint density at radius 3 is 2.47 bits per heavy atom. The molecule has 1 aliphatic rings. The summed E-state index contributed by atoms with van der Waals surface area (Å²) in [6.07, 6.45) is 4.81. The first-order valence-corrected chi connectivity index (χ1v) is 7.26. The van der Waals surface area contributed by atoms with Gasteiger partial charge in [0.05, 0.1) is 0 Å². The predicted molar refractivity (Wildman–Crippen MR) is 80.7 cm³/mol. The van der Waals surface area contributed by atoms with Gasteiger partial charge >= 0.3 is 0 Å². The summed E-state index contributed by atoms with van der Waals surface area (Å²) in [6.45, 7) is 3.23. The van der Waals surface area contributed by atoms with Gasteiger partial charge in [0.1, 0.15) is 10.9 Å². The highest BCUT2D eigenvalue weighted by Gasteiger charge is 2.27. The molecule has 1 aromatic carbocycles. The van der Waals surface area contributed by atoms with E-state index < -0.39 is 0 Å². The zero-order valence-electron chi connectivity index (χ0n) is 10.8. The first-order valence-electron chi connectivity index (χ1n) is 6.47. The molecule has 3 rings (SSSR count). The number of anilines is 1. The van der Waals surface area contributed by atoms with Crippen molar-refractivity contribution in [2.45, 2.75) is 25.4 Å². The summed E-state index contributed by atoms with van der Waals surface area (Å²) >= 11 is 3.36. The zero-order valence-corrected chi connectivity index (χ0v) is 12.4. The fraction of sp³-hybridized carbons (Fsp3) is 0.357. The maximum absolute atomic E-state index is 6.07. The standard InChI is InChI=1S/C14H17BrN4/c1-10-13(16)6-7-19(10)12-4-2-11(3-5-12)18-8-14(15)17-9-18/h2-5,8-10,13H,6-7,16H2,1H3/t10-,13-/m1/s1. The highest BCUT2D eigenvalue weighted by Crippen LogP contribution is 2.25. The molecule has 0 aliphatic carbocycles. The second kappa shape index (κ2) is 4.98. The van der Waals surface area contributed by atoms with Gasteiger partial charge in [-0.1, -0.05) is 0 Å². The number of imidazole rings is 1. The van der Waals surface area contributed by atoms with Crippen LogP contribution >= 0.6 is 15.9 Å². The van der Waals surface area contributed by atoms with Crippen LogP contribution in [0.25, 0.3) is 5.69 Å². The van der Waals surface area contributed by atoms with Crippen molar-refractivity contribution >= 4 is 21.6 Å². The number of aromatic nitrogens is 2. The van der Waals surface area contributed by atoms with Crippen molar-refractivity contribution in [1.29, 1.82) is 0 Å². The van der Waals surface area contributed by atoms with Crippen LogP contribution in [0.3, 0.4) is 0 Å². The first kappa shape index (κ1) is 12.7. The predicted octanol–water partition coefficient (Wildman–Crippen LogP) is 2.56. The maximum Gasteiger partial charge on any atom is 0.124 e. The van der Waals surface area contributed by atoms with Gasteiger partial charge in [0.25, 0.3) is 0 Å². The van der Waals surface area contributed by atoms with Crippen LogP contribution in [0.4, 0.5) is 5.69 Å². The van der Waals surface area contributed by atoms with E-state index in [1.807, 2.05) is 10.8 Å². The Hall–Kier alpha value is -1.33. The highest BCUT2D eigenvalue weighted by molar-refractivity contribution is 9.10. The van der Waals surface area contributed by atoms with Crippen LogP contribution in [-0.4, -0.2) is 28.2 Å². The molecule has 0 bridgehead atoms. The van der Waals surface area contributed by atoms with Crippen molar-refractivity contribution in [3.8, 4) is 5.69 Å². The van der Waals surface area contributed by atoms with Crippen molar-refractivity contribution in [2.24, 2.45) is 5.73 Å². The van der Waals surface area contributed by atoms with Gasteiger partial charge in [-0.2, -0.15) is 0 Å². The normalized spacial score (nSPS) is 23.0.